The molecule has 1 fully saturated rings. The molecule has 0 unspecified atom stereocenters. The van der Waals surface area contributed by atoms with E-state index in [0.29, 0.717) is 5.92 Å². The second-order valence-corrected chi connectivity index (χ2v) is 3.31. The van der Waals surface area contributed by atoms with Gasteiger partial charge in [0.05, 0.1) is 11.6 Å². The molecule has 0 aliphatic heterocycles. The Balaban J connectivity index is 2.48. The van der Waals surface area contributed by atoms with Crippen molar-refractivity contribution < 1.29 is 0 Å². The SMILES string of the molecule is [CH2]c1ccc(C#N)c(C2CC2)c1. The van der Waals surface area contributed by atoms with Gasteiger partial charge in [0.2, 0.25) is 0 Å². The molecule has 0 saturated heterocycles. The maximum atomic E-state index is 8.82. The quantitative estimate of drug-likeness (QED) is 0.613. The van der Waals surface area contributed by atoms with Crippen LogP contribution in [0, 0.1) is 18.3 Å². The molecule has 12 heavy (non-hydrogen) atoms. The van der Waals surface area contributed by atoms with Crippen molar-refractivity contribution in [1.82, 2.24) is 0 Å². The van der Waals surface area contributed by atoms with E-state index in [-0.39, 0.29) is 0 Å². The fraction of sp³-hybridized carbons (Fsp3) is 0.273. The Bertz CT molecular complexity index is 343. The molecule has 1 aliphatic carbocycles. The molecule has 1 heteroatoms. The molecule has 1 radical (unpaired) electrons. The smallest absolute Gasteiger partial charge is 0.0994 e. The van der Waals surface area contributed by atoms with Crippen molar-refractivity contribution in [2.24, 2.45) is 0 Å². The minimum atomic E-state index is 0.640. The molecule has 0 bridgehead atoms. The Hall–Kier alpha value is -1.29. The number of hydrogen-bond acceptors (Lipinski definition) is 1. The van der Waals surface area contributed by atoms with E-state index in [2.05, 4.69) is 13.0 Å². The van der Waals surface area contributed by atoms with Gasteiger partial charge in [0.25, 0.3) is 0 Å². The van der Waals surface area contributed by atoms with E-state index >= 15 is 0 Å². The lowest BCUT2D eigenvalue weighted by Gasteiger charge is -2.01. The lowest BCUT2D eigenvalue weighted by Crippen LogP contribution is -1.87. The number of nitriles is 1. The molecular weight excluding hydrogens is 146 g/mol. The zero-order valence-electron chi connectivity index (χ0n) is 6.88. The van der Waals surface area contributed by atoms with Crippen LogP contribution in [-0.2, 0) is 0 Å². The number of benzene rings is 1. The molecule has 0 aromatic heterocycles. The Labute approximate surface area is 72.6 Å². The van der Waals surface area contributed by atoms with Gasteiger partial charge in [-0.2, -0.15) is 5.26 Å². The molecule has 2 rings (SSSR count). The molecular formula is C11H10N. The summed E-state index contributed by atoms with van der Waals surface area (Å²) in [5.41, 5.74) is 3.03. The number of hydrogen-bond donors (Lipinski definition) is 0. The summed E-state index contributed by atoms with van der Waals surface area (Å²) in [6.45, 7) is 3.86. The largest absolute Gasteiger partial charge is 0.192 e. The van der Waals surface area contributed by atoms with Crippen LogP contribution in [-0.4, -0.2) is 0 Å². The van der Waals surface area contributed by atoms with Gasteiger partial charge in [-0.1, -0.05) is 12.1 Å². The average molecular weight is 156 g/mol. The Morgan fingerprint density at radius 2 is 2.17 bits per heavy atom. The second kappa shape index (κ2) is 2.64. The van der Waals surface area contributed by atoms with Gasteiger partial charge in [-0.3, -0.25) is 0 Å². The first-order valence-corrected chi connectivity index (χ1v) is 4.17. The molecule has 1 aromatic carbocycles. The molecule has 0 amide bonds. The molecule has 1 aromatic rings. The van der Waals surface area contributed by atoms with Gasteiger partial charge in [0.1, 0.15) is 0 Å². The Kier molecular flexibility index (Phi) is 1.62. The summed E-state index contributed by atoms with van der Waals surface area (Å²) >= 11 is 0. The maximum Gasteiger partial charge on any atom is 0.0994 e. The van der Waals surface area contributed by atoms with Crippen molar-refractivity contribution in [2.45, 2.75) is 18.8 Å². The highest BCUT2D eigenvalue weighted by Crippen LogP contribution is 2.41. The average Bonchev–Trinajstić information content (AvgIpc) is 2.87. The molecule has 1 aliphatic rings. The topological polar surface area (TPSA) is 23.8 Å². The Morgan fingerprint density at radius 3 is 2.75 bits per heavy atom. The molecule has 0 spiro atoms. The standard InChI is InChI=1S/C11H10N/c1-8-2-3-10(7-12)11(6-8)9-4-5-9/h2-3,6,9H,1,4-5H2. The van der Waals surface area contributed by atoms with Crippen molar-refractivity contribution in [3.05, 3.63) is 41.8 Å². The molecule has 59 valence electrons. The summed E-state index contributed by atoms with van der Waals surface area (Å²) in [6.07, 6.45) is 2.47. The van der Waals surface area contributed by atoms with Gasteiger partial charge >= 0.3 is 0 Å². The number of nitrogens with zero attached hydrogens (tertiary/aromatic N) is 1. The fourth-order valence-electron chi connectivity index (χ4n) is 1.45. The van der Waals surface area contributed by atoms with Crippen LogP contribution >= 0.6 is 0 Å². The van der Waals surface area contributed by atoms with Crippen LogP contribution in [0.25, 0.3) is 0 Å². The van der Waals surface area contributed by atoms with Crippen LogP contribution in [0.5, 0.6) is 0 Å². The molecule has 0 atom stereocenters. The molecule has 1 saturated carbocycles. The first-order chi connectivity index (χ1) is 5.81. The van der Waals surface area contributed by atoms with Crippen LogP contribution in [0.3, 0.4) is 0 Å². The fourth-order valence-corrected chi connectivity index (χ4v) is 1.45. The first kappa shape index (κ1) is 7.36. The minimum Gasteiger partial charge on any atom is -0.192 e. The highest BCUT2D eigenvalue weighted by Gasteiger charge is 2.25. The first-order valence-electron chi connectivity index (χ1n) is 4.17. The zero-order chi connectivity index (χ0) is 8.55. The van der Waals surface area contributed by atoms with Crippen LogP contribution in [0.4, 0.5) is 0 Å². The monoisotopic (exact) mass is 156 g/mol. The summed E-state index contributed by atoms with van der Waals surface area (Å²) in [4.78, 5) is 0. The van der Waals surface area contributed by atoms with E-state index in [1.807, 2.05) is 18.2 Å². The predicted octanol–water partition coefficient (Wildman–Crippen LogP) is 2.62. The third-order valence-electron chi connectivity index (χ3n) is 2.25. The Morgan fingerprint density at radius 1 is 1.42 bits per heavy atom. The summed E-state index contributed by atoms with van der Waals surface area (Å²) in [5, 5.41) is 8.82. The van der Waals surface area contributed by atoms with E-state index in [1.54, 1.807) is 0 Å². The van der Waals surface area contributed by atoms with Gasteiger partial charge in [0, 0.05) is 0 Å². The lowest BCUT2D eigenvalue weighted by atomic mass is 10.0. The van der Waals surface area contributed by atoms with Crippen molar-refractivity contribution >= 4 is 0 Å². The van der Waals surface area contributed by atoms with Crippen molar-refractivity contribution in [1.29, 1.82) is 5.26 Å². The van der Waals surface area contributed by atoms with E-state index in [1.165, 1.54) is 18.4 Å². The maximum absolute atomic E-state index is 8.82. The molecule has 1 nitrogen and oxygen atoms in total. The second-order valence-electron chi connectivity index (χ2n) is 3.31. The predicted molar refractivity (Wildman–Crippen MR) is 47.6 cm³/mol. The van der Waals surface area contributed by atoms with E-state index < -0.39 is 0 Å². The van der Waals surface area contributed by atoms with Gasteiger partial charge < -0.3 is 0 Å². The van der Waals surface area contributed by atoms with Gasteiger partial charge in [-0.15, -0.1) is 0 Å². The third kappa shape index (κ3) is 1.21. The third-order valence-corrected chi connectivity index (χ3v) is 2.25. The summed E-state index contributed by atoms with van der Waals surface area (Å²) in [7, 11) is 0. The van der Waals surface area contributed by atoms with E-state index in [9.17, 15) is 0 Å². The summed E-state index contributed by atoms with van der Waals surface area (Å²) < 4.78 is 0. The highest BCUT2D eigenvalue weighted by molar-refractivity contribution is 5.44. The van der Waals surface area contributed by atoms with E-state index in [4.69, 9.17) is 5.26 Å². The van der Waals surface area contributed by atoms with Crippen LogP contribution in [0.2, 0.25) is 0 Å². The van der Waals surface area contributed by atoms with Crippen molar-refractivity contribution in [3.63, 3.8) is 0 Å². The lowest BCUT2D eigenvalue weighted by molar-refractivity contribution is 1.11. The highest BCUT2D eigenvalue weighted by atomic mass is 14.3. The summed E-state index contributed by atoms with van der Waals surface area (Å²) in [5.74, 6) is 0.640. The van der Waals surface area contributed by atoms with Gasteiger partial charge in [-0.25, -0.2) is 0 Å². The van der Waals surface area contributed by atoms with E-state index in [0.717, 1.165) is 11.1 Å². The van der Waals surface area contributed by atoms with Crippen LogP contribution in [0.1, 0.15) is 35.4 Å². The van der Waals surface area contributed by atoms with Crippen molar-refractivity contribution in [2.75, 3.05) is 0 Å². The zero-order valence-corrected chi connectivity index (χ0v) is 6.88. The van der Waals surface area contributed by atoms with Crippen LogP contribution < -0.4 is 0 Å². The van der Waals surface area contributed by atoms with Gasteiger partial charge in [0.15, 0.2) is 0 Å². The molecule has 0 heterocycles. The molecule has 0 N–H and O–H groups in total. The van der Waals surface area contributed by atoms with Crippen molar-refractivity contribution in [3.8, 4) is 6.07 Å². The summed E-state index contributed by atoms with van der Waals surface area (Å²) in [6, 6.07) is 8.02. The van der Waals surface area contributed by atoms with Crippen LogP contribution in [0.15, 0.2) is 18.2 Å². The normalized spacial score (nSPS) is 15.7. The van der Waals surface area contributed by atoms with Gasteiger partial charge in [-0.05, 0) is 42.9 Å². The number of rotatable bonds is 1. The minimum absolute atomic E-state index is 0.640.